The number of H-pyrrole nitrogens is 1. The Balaban J connectivity index is 1.60. The predicted molar refractivity (Wildman–Crippen MR) is 108 cm³/mol. The van der Waals surface area contributed by atoms with Gasteiger partial charge in [-0.05, 0) is 31.1 Å². The first-order valence-corrected chi connectivity index (χ1v) is 9.34. The molecule has 1 aliphatic carbocycles. The van der Waals surface area contributed by atoms with Crippen LogP contribution < -0.4 is 5.32 Å². The molecule has 0 amide bonds. The molecule has 1 unspecified atom stereocenters. The molecule has 0 bridgehead atoms. The zero-order chi connectivity index (χ0) is 19.7. The van der Waals surface area contributed by atoms with Crippen molar-refractivity contribution in [3.63, 3.8) is 0 Å². The molecule has 0 saturated carbocycles. The number of aromatic nitrogens is 3. The number of nitrogens with one attached hydrogen (secondary N) is 2. The number of halogens is 2. The number of fused-ring (bicyclic) bond motifs is 1. The number of hydrogen-bond acceptors (Lipinski definition) is 3. The van der Waals surface area contributed by atoms with Crippen molar-refractivity contribution in [2.24, 2.45) is 0 Å². The minimum absolute atomic E-state index is 0.0334. The summed E-state index contributed by atoms with van der Waals surface area (Å²) in [7, 11) is 0. The van der Waals surface area contributed by atoms with Gasteiger partial charge in [0.05, 0.1) is 17.3 Å². The van der Waals surface area contributed by atoms with Gasteiger partial charge in [0.15, 0.2) is 0 Å². The molecule has 0 saturated heterocycles. The highest BCUT2D eigenvalue weighted by Crippen LogP contribution is 2.38. The summed E-state index contributed by atoms with van der Waals surface area (Å²) in [6, 6.07) is 9.86. The number of alkyl halides is 2. The van der Waals surface area contributed by atoms with Crippen LogP contribution in [0.3, 0.4) is 0 Å². The zero-order valence-corrected chi connectivity index (χ0v) is 15.7. The number of rotatable bonds is 5. The van der Waals surface area contributed by atoms with Crippen molar-refractivity contribution < 1.29 is 8.78 Å². The summed E-state index contributed by atoms with van der Waals surface area (Å²) in [6.07, 6.45) is 5.19. The van der Waals surface area contributed by atoms with Gasteiger partial charge >= 0.3 is 0 Å². The summed E-state index contributed by atoms with van der Waals surface area (Å²) in [5.41, 5.74) is 5.33. The van der Waals surface area contributed by atoms with Gasteiger partial charge in [-0.15, -0.1) is 0 Å². The summed E-state index contributed by atoms with van der Waals surface area (Å²) in [4.78, 5) is 4.63. The predicted octanol–water partition coefficient (Wildman–Crippen LogP) is 5.48. The fourth-order valence-corrected chi connectivity index (χ4v) is 3.55. The van der Waals surface area contributed by atoms with Gasteiger partial charge in [0.1, 0.15) is 0 Å². The van der Waals surface area contributed by atoms with Gasteiger partial charge in [-0.25, -0.2) is 8.78 Å². The highest BCUT2D eigenvalue weighted by molar-refractivity contribution is 5.92. The second-order valence-corrected chi connectivity index (χ2v) is 7.25. The number of pyridine rings is 1. The van der Waals surface area contributed by atoms with Gasteiger partial charge in [0.2, 0.25) is 0 Å². The van der Waals surface area contributed by atoms with Crippen molar-refractivity contribution in [1.29, 1.82) is 0 Å². The van der Waals surface area contributed by atoms with E-state index in [1.165, 1.54) is 0 Å². The third kappa shape index (κ3) is 3.67. The van der Waals surface area contributed by atoms with E-state index >= 15 is 0 Å². The maximum atomic E-state index is 13.5. The fourth-order valence-electron chi connectivity index (χ4n) is 3.55. The lowest BCUT2D eigenvalue weighted by Gasteiger charge is -2.22. The topological polar surface area (TPSA) is 53.6 Å². The van der Waals surface area contributed by atoms with Crippen molar-refractivity contribution in [3.05, 3.63) is 72.2 Å². The smallest absolute Gasteiger partial charge is 0.251 e. The first-order chi connectivity index (χ1) is 13.4. The minimum atomic E-state index is -2.59. The molecule has 3 aromatic rings. The molecule has 1 aromatic carbocycles. The van der Waals surface area contributed by atoms with Crippen molar-refractivity contribution in [1.82, 2.24) is 20.5 Å². The van der Waals surface area contributed by atoms with Crippen LogP contribution in [0.1, 0.15) is 49.0 Å². The summed E-state index contributed by atoms with van der Waals surface area (Å²) < 4.78 is 26.9. The van der Waals surface area contributed by atoms with E-state index in [1.54, 1.807) is 18.5 Å². The van der Waals surface area contributed by atoms with Crippen LogP contribution in [-0.2, 0) is 0 Å². The lowest BCUT2D eigenvalue weighted by Crippen LogP contribution is -2.18. The van der Waals surface area contributed by atoms with E-state index in [0.717, 1.165) is 39.0 Å². The molecule has 4 rings (SSSR count). The third-order valence-electron chi connectivity index (χ3n) is 5.19. The van der Waals surface area contributed by atoms with E-state index < -0.39 is 5.92 Å². The second-order valence-electron chi connectivity index (χ2n) is 7.25. The number of benzene rings is 1. The van der Waals surface area contributed by atoms with Gasteiger partial charge in [0, 0.05) is 47.4 Å². The van der Waals surface area contributed by atoms with Gasteiger partial charge in [-0.3, -0.25) is 10.1 Å². The SMILES string of the molecule is C=C(NC(C)c1ccn[nH]1)c1cnc2c(C3=CCC(F)(F)CC3)cccc2c1. The fraction of sp³-hybridized carbons (Fsp3) is 0.273. The van der Waals surface area contributed by atoms with Crippen molar-refractivity contribution in [3.8, 4) is 0 Å². The first kappa shape index (κ1) is 18.3. The number of aromatic amines is 1. The van der Waals surface area contributed by atoms with Crippen LogP contribution in [0.15, 0.2) is 55.4 Å². The van der Waals surface area contributed by atoms with Crippen LogP contribution in [-0.4, -0.2) is 21.1 Å². The number of para-hydroxylation sites is 1. The van der Waals surface area contributed by atoms with Gasteiger partial charge in [-0.2, -0.15) is 5.10 Å². The monoisotopic (exact) mass is 380 g/mol. The molecule has 2 aromatic heterocycles. The van der Waals surface area contributed by atoms with E-state index in [1.807, 2.05) is 37.3 Å². The highest BCUT2D eigenvalue weighted by Gasteiger charge is 2.31. The van der Waals surface area contributed by atoms with Crippen LogP contribution in [0, 0.1) is 0 Å². The molecule has 0 radical (unpaired) electrons. The quantitative estimate of drug-likeness (QED) is 0.616. The summed E-state index contributed by atoms with van der Waals surface area (Å²) in [5, 5.41) is 11.2. The lowest BCUT2D eigenvalue weighted by molar-refractivity contribution is -0.00602. The van der Waals surface area contributed by atoms with Crippen LogP contribution in [0.25, 0.3) is 22.2 Å². The molecular weight excluding hydrogens is 358 g/mol. The summed E-state index contributed by atoms with van der Waals surface area (Å²) >= 11 is 0. The summed E-state index contributed by atoms with van der Waals surface area (Å²) in [6.45, 7) is 6.15. The molecule has 6 heteroatoms. The van der Waals surface area contributed by atoms with Gasteiger partial charge in [0.25, 0.3) is 5.92 Å². The Hall–Kier alpha value is -3.02. The molecule has 0 aliphatic heterocycles. The van der Waals surface area contributed by atoms with Gasteiger partial charge < -0.3 is 5.32 Å². The minimum Gasteiger partial charge on any atom is -0.377 e. The number of allylic oxidation sites excluding steroid dienone is 2. The van der Waals surface area contributed by atoms with Crippen molar-refractivity contribution in [2.75, 3.05) is 0 Å². The Labute approximate surface area is 162 Å². The van der Waals surface area contributed by atoms with E-state index in [-0.39, 0.29) is 18.9 Å². The maximum absolute atomic E-state index is 13.5. The van der Waals surface area contributed by atoms with Crippen LogP contribution >= 0.6 is 0 Å². The molecular formula is C22H22F2N4. The maximum Gasteiger partial charge on any atom is 0.251 e. The average Bonchev–Trinajstić information content (AvgIpc) is 3.22. The molecule has 144 valence electrons. The van der Waals surface area contributed by atoms with Crippen molar-refractivity contribution in [2.45, 2.75) is 38.2 Å². The third-order valence-corrected chi connectivity index (χ3v) is 5.19. The molecule has 28 heavy (non-hydrogen) atoms. The Kier molecular flexibility index (Phi) is 4.71. The average molecular weight is 380 g/mol. The van der Waals surface area contributed by atoms with Crippen LogP contribution in [0.4, 0.5) is 8.78 Å². The zero-order valence-electron chi connectivity index (χ0n) is 15.7. The van der Waals surface area contributed by atoms with E-state index in [2.05, 4.69) is 27.1 Å². The van der Waals surface area contributed by atoms with Crippen LogP contribution in [0.5, 0.6) is 0 Å². The molecule has 2 N–H and O–H groups in total. The molecule has 2 heterocycles. The highest BCUT2D eigenvalue weighted by atomic mass is 19.3. The van der Waals surface area contributed by atoms with Crippen molar-refractivity contribution >= 4 is 22.2 Å². The van der Waals surface area contributed by atoms with Gasteiger partial charge in [-0.1, -0.05) is 30.9 Å². The van der Waals surface area contributed by atoms with E-state index in [0.29, 0.717) is 6.42 Å². The van der Waals surface area contributed by atoms with E-state index in [9.17, 15) is 8.78 Å². The van der Waals surface area contributed by atoms with E-state index in [4.69, 9.17) is 0 Å². The molecule has 4 nitrogen and oxygen atoms in total. The standard InChI is InChI=1S/C22H22F2N4/c1-14(27-15(2)20-8-11-26-28-20)18-12-17-4-3-5-19(21(17)25-13-18)16-6-9-22(23,24)10-7-16/h3-6,8,11-13,15,27H,1,7,9-10H2,2H3,(H,26,28). The number of hydrogen-bond donors (Lipinski definition) is 2. The molecule has 0 fully saturated rings. The Morgan fingerprint density at radius 3 is 2.89 bits per heavy atom. The molecule has 1 atom stereocenters. The summed E-state index contributed by atoms with van der Waals surface area (Å²) in [5.74, 6) is -2.59. The largest absolute Gasteiger partial charge is 0.377 e. The molecule has 0 spiro atoms. The first-order valence-electron chi connectivity index (χ1n) is 9.34. The Morgan fingerprint density at radius 1 is 1.32 bits per heavy atom. The molecule has 1 aliphatic rings. The second kappa shape index (κ2) is 7.19. The Morgan fingerprint density at radius 2 is 2.18 bits per heavy atom. The Bertz CT molecular complexity index is 1040. The van der Waals surface area contributed by atoms with Crippen LogP contribution in [0.2, 0.25) is 0 Å². The number of nitrogens with zero attached hydrogens (tertiary/aromatic N) is 2. The lowest BCUT2D eigenvalue weighted by atomic mass is 9.90. The normalized spacial score (nSPS) is 17.2.